The van der Waals surface area contributed by atoms with Gasteiger partial charge in [-0.25, -0.2) is 4.39 Å². The van der Waals surface area contributed by atoms with Crippen LogP contribution in [-0.4, -0.2) is 6.54 Å². The van der Waals surface area contributed by atoms with Gasteiger partial charge >= 0.3 is 0 Å². The lowest BCUT2D eigenvalue weighted by atomic mass is 9.97. The van der Waals surface area contributed by atoms with E-state index >= 15 is 0 Å². The first-order chi connectivity index (χ1) is 9.24. The molecule has 98 valence electrons. The van der Waals surface area contributed by atoms with Crippen molar-refractivity contribution in [3.8, 4) is 0 Å². The number of nitrogens with two attached hydrogens (primary N) is 1. The third-order valence-corrected chi connectivity index (χ3v) is 3.65. The van der Waals surface area contributed by atoms with Crippen molar-refractivity contribution in [2.45, 2.75) is 19.0 Å². The standard InChI is InChI=1S/C16H17FN2/c17-13-5-3-4-12(10-13)11-19-9-8-15(18)14-6-1-2-7-16(14)19/h1-7,10,15H,8-9,11,18H2. The largest absolute Gasteiger partial charge is 0.367 e. The molecular weight excluding hydrogens is 239 g/mol. The quantitative estimate of drug-likeness (QED) is 0.893. The molecule has 1 heterocycles. The molecule has 0 bridgehead atoms. The predicted octanol–water partition coefficient (Wildman–Crippen LogP) is 3.24. The summed E-state index contributed by atoms with van der Waals surface area (Å²) < 4.78 is 13.2. The topological polar surface area (TPSA) is 29.3 Å². The number of benzene rings is 2. The molecule has 0 fully saturated rings. The Morgan fingerprint density at radius 1 is 1.16 bits per heavy atom. The highest BCUT2D eigenvalue weighted by Crippen LogP contribution is 2.32. The molecule has 3 heteroatoms. The zero-order chi connectivity index (χ0) is 13.2. The highest BCUT2D eigenvalue weighted by atomic mass is 19.1. The van der Waals surface area contributed by atoms with E-state index in [0.29, 0.717) is 0 Å². The van der Waals surface area contributed by atoms with Gasteiger partial charge in [0.05, 0.1) is 0 Å². The number of hydrogen-bond acceptors (Lipinski definition) is 2. The van der Waals surface area contributed by atoms with Crippen LogP contribution in [-0.2, 0) is 6.54 Å². The zero-order valence-electron chi connectivity index (χ0n) is 10.7. The molecular formula is C16H17FN2. The van der Waals surface area contributed by atoms with Crippen LogP contribution in [0.15, 0.2) is 48.5 Å². The fraction of sp³-hybridized carbons (Fsp3) is 0.250. The number of anilines is 1. The number of halogens is 1. The molecule has 2 aromatic carbocycles. The molecule has 3 rings (SSSR count). The van der Waals surface area contributed by atoms with Crippen LogP contribution in [0.1, 0.15) is 23.6 Å². The number of hydrogen-bond donors (Lipinski definition) is 1. The summed E-state index contributed by atoms with van der Waals surface area (Å²) >= 11 is 0. The van der Waals surface area contributed by atoms with Crippen LogP contribution >= 0.6 is 0 Å². The number of fused-ring (bicyclic) bond motifs is 1. The summed E-state index contributed by atoms with van der Waals surface area (Å²) in [6.07, 6.45) is 0.937. The summed E-state index contributed by atoms with van der Waals surface area (Å²) in [6, 6.07) is 15.1. The first-order valence-corrected chi connectivity index (χ1v) is 6.58. The molecule has 0 amide bonds. The molecule has 2 N–H and O–H groups in total. The molecule has 0 aromatic heterocycles. The van der Waals surface area contributed by atoms with Crippen molar-refractivity contribution in [1.82, 2.24) is 0 Å². The highest BCUT2D eigenvalue weighted by molar-refractivity contribution is 5.57. The van der Waals surface area contributed by atoms with Crippen LogP contribution in [0.4, 0.5) is 10.1 Å². The number of rotatable bonds is 2. The van der Waals surface area contributed by atoms with Gasteiger partial charge < -0.3 is 10.6 Å². The van der Waals surface area contributed by atoms with Crippen molar-refractivity contribution in [2.75, 3.05) is 11.4 Å². The van der Waals surface area contributed by atoms with Crippen LogP contribution < -0.4 is 10.6 Å². The second-order valence-electron chi connectivity index (χ2n) is 5.01. The first kappa shape index (κ1) is 12.2. The molecule has 0 saturated heterocycles. The van der Waals surface area contributed by atoms with Crippen LogP contribution in [0.2, 0.25) is 0 Å². The van der Waals surface area contributed by atoms with E-state index in [1.807, 2.05) is 18.2 Å². The maximum atomic E-state index is 13.2. The average molecular weight is 256 g/mol. The molecule has 0 radical (unpaired) electrons. The van der Waals surface area contributed by atoms with Gasteiger partial charge in [-0.05, 0) is 35.7 Å². The van der Waals surface area contributed by atoms with Gasteiger partial charge in [0.2, 0.25) is 0 Å². The summed E-state index contributed by atoms with van der Waals surface area (Å²) in [6.45, 7) is 1.64. The van der Waals surface area contributed by atoms with Crippen molar-refractivity contribution in [3.05, 3.63) is 65.5 Å². The SMILES string of the molecule is NC1CCN(Cc2cccc(F)c2)c2ccccc21. The van der Waals surface area contributed by atoms with E-state index in [4.69, 9.17) is 5.73 Å². The Labute approximate surface area is 112 Å². The van der Waals surface area contributed by atoms with Crippen molar-refractivity contribution in [3.63, 3.8) is 0 Å². The molecule has 1 atom stereocenters. The maximum absolute atomic E-state index is 13.2. The lowest BCUT2D eigenvalue weighted by molar-refractivity contribution is 0.587. The van der Waals surface area contributed by atoms with Gasteiger partial charge in [0.25, 0.3) is 0 Å². The summed E-state index contributed by atoms with van der Waals surface area (Å²) in [5, 5.41) is 0. The lowest BCUT2D eigenvalue weighted by Crippen LogP contribution is -2.33. The fourth-order valence-corrected chi connectivity index (χ4v) is 2.68. The molecule has 0 spiro atoms. The third-order valence-electron chi connectivity index (χ3n) is 3.65. The summed E-state index contributed by atoms with van der Waals surface area (Å²) in [7, 11) is 0. The fourth-order valence-electron chi connectivity index (χ4n) is 2.68. The van der Waals surface area contributed by atoms with Crippen molar-refractivity contribution in [1.29, 1.82) is 0 Å². The van der Waals surface area contributed by atoms with E-state index < -0.39 is 0 Å². The van der Waals surface area contributed by atoms with Gasteiger partial charge in [0, 0.05) is 24.8 Å². The Bertz CT molecular complexity index is 582. The Balaban J connectivity index is 1.89. The number of para-hydroxylation sites is 1. The van der Waals surface area contributed by atoms with Crippen molar-refractivity contribution in [2.24, 2.45) is 5.73 Å². The Kier molecular flexibility index (Phi) is 3.22. The minimum Gasteiger partial charge on any atom is -0.367 e. The normalized spacial score (nSPS) is 18.2. The van der Waals surface area contributed by atoms with Gasteiger partial charge in [-0.1, -0.05) is 30.3 Å². The van der Waals surface area contributed by atoms with E-state index in [1.165, 1.54) is 17.3 Å². The van der Waals surface area contributed by atoms with Gasteiger partial charge in [-0.2, -0.15) is 0 Å². The molecule has 1 aliphatic heterocycles. The second-order valence-corrected chi connectivity index (χ2v) is 5.01. The van der Waals surface area contributed by atoms with E-state index in [2.05, 4.69) is 17.0 Å². The molecule has 2 aromatic rings. The van der Waals surface area contributed by atoms with Gasteiger partial charge in [-0.3, -0.25) is 0 Å². The highest BCUT2D eigenvalue weighted by Gasteiger charge is 2.21. The van der Waals surface area contributed by atoms with Gasteiger partial charge in [0.1, 0.15) is 5.82 Å². The molecule has 1 unspecified atom stereocenters. The molecule has 1 aliphatic rings. The Morgan fingerprint density at radius 2 is 2.00 bits per heavy atom. The third kappa shape index (κ3) is 2.47. The van der Waals surface area contributed by atoms with Crippen molar-refractivity contribution < 1.29 is 4.39 Å². The van der Waals surface area contributed by atoms with Crippen molar-refractivity contribution >= 4 is 5.69 Å². The van der Waals surface area contributed by atoms with E-state index in [-0.39, 0.29) is 11.9 Å². The summed E-state index contributed by atoms with van der Waals surface area (Å²) in [5.74, 6) is -0.181. The first-order valence-electron chi connectivity index (χ1n) is 6.58. The monoisotopic (exact) mass is 256 g/mol. The average Bonchev–Trinajstić information content (AvgIpc) is 2.42. The Morgan fingerprint density at radius 3 is 2.84 bits per heavy atom. The van der Waals surface area contributed by atoms with E-state index in [0.717, 1.165) is 25.1 Å². The van der Waals surface area contributed by atoms with Gasteiger partial charge in [-0.15, -0.1) is 0 Å². The number of nitrogens with zero attached hydrogens (tertiary/aromatic N) is 1. The van der Waals surface area contributed by atoms with Crippen LogP contribution in [0.5, 0.6) is 0 Å². The zero-order valence-corrected chi connectivity index (χ0v) is 10.7. The summed E-state index contributed by atoms with van der Waals surface area (Å²) in [5.41, 5.74) is 9.49. The summed E-state index contributed by atoms with van der Waals surface area (Å²) in [4.78, 5) is 2.27. The molecule has 19 heavy (non-hydrogen) atoms. The van der Waals surface area contributed by atoms with Crippen LogP contribution in [0.25, 0.3) is 0 Å². The smallest absolute Gasteiger partial charge is 0.123 e. The molecule has 2 nitrogen and oxygen atoms in total. The lowest BCUT2D eigenvalue weighted by Gasteiger charge is -2.34. The Hall–Kier alpha value is -1.87. The maximum Gasteiger partial charge on any atom is 0.123 e. The van der Waals surface area contributed by atoms with Crippen LogP contribution in [0.3, 0.4) is 0 Å². The van der Waals surface area contributed by atoms with E-state index in [9.17, 15) is 4.39 Å². The minimum atomic E-state index is -0.181. The van der Waals surface area contributed by atoms with Crippen LogP contribution in [0, 0.1) is 5.82 Å². The predicted molar refractivity (Wildman–Crippen MR) is 75.4 cm³/mol. The van der Waals surface area contributed by atoms with E-state index in [1.54, 1.807) is 12.1 Å². The molecule has 0 aliphatic carbocycles. The second kappa shape index (κ2) is 5.02. The minimum absolute atomic E-state index is 0.111. The molecule has 0 saturated carbocycles. The van der Waals surface area contributed by atoms with Gasteiger partial charge in [0.15, 0.2) is 0 Å².